The van der Waals surface area contributed by atoms with E-state index in [0.29, 0.717) is 5.41 Å². The van der Waals surface area contributed by atoms with E-state index in [1.54, 1.807) is 0 Å². The van der Waals surface area contributed by atoms with E-state index in [1.165, 1.54) is 45.4 Å². The number of hydrogen-bond donors (Lipinski definition) is 3. The fraction of sp³-hybridized carbons (Fsp3) is 0.867. The summed E-state index contributed by atoms with van der Waals surface area (Å²) in [6, 6.07) is 0.745. The average Bonchev–Trinajstić information content (AvgIpc) is 2.91. The maximum absolute atomic E-state index is 10.6. The van der Waals surface area contributed by atoms with Crippen LogP contribution in [0.3, 0.4) is 0 Å². The van der Waals surface area contributed by atoms with Crippen molar-refractivity contribution in [1.82, 2.24) is 10.2 Å². The van der Waals surface area contributed by atoms with Crippen LogP contribution in [0, 0.1) is 5.41 Å². The summed E-state index contributed by atoms with van der Waals surface area (Å²) >= 11 is 0. The molecule has 0 amide bonds. The Morgan fingerprint density at radius 2 is 1.30 bits per heavy atom. The minimum Gasteiger partial charge on any atom is -0.475 e. The summed E-state index contributed by atoms with van der Waals surface area (Å²) in [5, 5.41) is 17.7. The summed E-state index contributed by atoms with van der Waals surface area (Å²) < 4.78 is 63.5. The van der Waals surface area contributed by atoms with Gasteiger partial charge < -0.3 is 20.4 Å². The summed E-state index contributed by atoms with van der Waals surface area (Å²) in [4.78, 5) is 20.4. The molecule has 2 saturated heterocycles. The highest BCUT2D eigenvalue weighted by molar-refractivity contribution is 5.73. The molecule has 2 fully saturated rings. The van der Waals surface area contributed by atoms with E-state index < -0.39 is 24.3 Å². The second kappa shape index (κ2) is 10.1. The number of carboxylic acid groups (broad SMARTS) is 2. The van der Waals surface area contributed by atoms with E-state index in [2.05, 4.69) is 24.1 Å². The number of alkyl halides is 6. The third kappa shape index (κ3) is 9.80. The first kappa shape index (κ1) is 25.4. The summed E-state index contributed by atoms with van der Waals surface area (Å²) in [7, 11) is 0. The molecular weight excluding hydrogens is 386 g/mol. The molecule has 0 bridgehead atoms. The van der Waals surface area contributed by atoms with E-state index in [9.17, 15) is 26.3 Å². The van der Waals surface area contributed by atoms with Crippen molar-refractivity contribution < 1.29 is 46.1 Å². The molecule has 160 valence electrons. The van der Waals surface area contributed by atoms with Crippen molar-refractivity contribution in [3.63, 3.8) is 0 Å². The molecular formula is C15H24F6N2O4. The molecule has 0 aliphatic carbocycles. The number of halogens is 6. The molecule has 27 heavy (non-hydrogen) atoms. The van der Waals surface area contributed by atoms with Crippen LogP contribution in [0.15, 0.2) is 0 Å². The fourth-order valence-corrected chi connectivity index (χ4v) is 2.78. The second-order valence-corrected chi connectivity index (χ2v) is 6.67. The monoisotopic (exact) mass is 410 g/mol. The van der Waals surface area contributed by atoms with Gasteiger partial charge in [0.05, 0.1) is 0 Å². The first-order valence-electron chi connectivity index (χ1n) is 8.16. The molecule has 0 saturated carbocycles. The number of nitrogens with one attached hydrogen (secondary N) is 1. The van der Waals surface area contributed by atoms with Gasteiger partial charge in [0.25, 0.3) is 0 Å². The lowest BCUT2D eigenvalue weighted by atomic mass is 9.78. The number of likely N-dealkylation sites (tertiary alicyclic amines) is 1. The van der Waals surface area contributed by atoms with Crippen LogP contribution in [0.2, 0.25) is 0 Å². The van der Waals surface area contributed by atoms with Gasteiger partial charge in [-0.05, 0) is 58.2 Å². The molecule has 0 aromatic carbocycles. The lowest BCUT2D eigenvalue weighted by molar-refractivity contribution is -0.193. The molecule has 2 aliphatic rings. The molecule has 2 rings (SSSR count). The molecule has 6 nitrogen and oxygen atoms in total. The van der Waals surface area contributed by atoms with Crippen molar-refractivity contribution in [1.29, 1.82) is 0 Å². The van der Waals surface area contributed by atoms with Crippen molar-refractivity contribution in [2.75, 3.05) is 26.2 Å². The van der Waals surface area contributed by atoms with Gasteiger partial charge in [0.2, 0.25) is 0 Å². The standard InChI is InChI=1S/C11H22N2.2C2HF3O2/c1-10(2)13-8-5-11(9-13)3-6-12-7-4-11;2*3-2(4,5)1(6)7/h10,12H,3-9H2,1-2H3;2*(H,6,7). The van der Waals surface area contributed by atoms with Crippen LogP contribution in [0.1, 0.15) is 33.1 Å². The number of hydrogen-bond acceptors (Lipinski definition) is 4. The highest BCUT2D eigenvalue weighted by atomic mass is 19.4. The number of piperidine rings is 1. The highest BCUT2D eigenvalue weighted by Crippen LogP contribution is 2.39. The molecule has 1 spiro atoms. The zero-order valence-electron chi connectivity index (χ0n) is 15.0. The van der Waals surface area contributed by atoms with Crippen molar-refractivity contribution in [3.8, 4) is 0 Å². The van der Waals surface area contributed by atoms with E-state index in [1.807, 2.05) is 0 Å². The summed E-state index contributed by atoms with van der Waals surface area (Å²) in [6.45, 7) is 9.81. The molecule has 0 atom stereocenters. The number of rotatable bonds is 1. The maximum Gasteiger partial charge on any atom is 0.490 e. The van der Waals surface area contributed by atoms with Crippen LogP contribution in [-0.4, -0.2) is 71.6 Å². The zero-order chi connectivity index (χ0) is 21.5. The van der Waals surface area contributed by atoms with Gasteiger partial charge in [-0.3, -0.25) is 0 Å². The molecule has 2 heterocycles. The average molecular weight is 410 g/mol. The lowest BCUT2D eigenvalue weighted by Crippen LogP contribution is -2.39. The quantitative estimate of drug-likeness (QED) is 0.576. The SMILES string of the molecule is CC(C)N1CCC2(CCNCC2)C1.O=C(O)C(F)(F)F.O=C(O)C(F)(F)F. The van der Waals surface area contributed by atoms with Gasteiger partial charge in [0.1, 0.15) is 0 Å². The second-order valence-electron chi connectivity index (χ2n) is 6.67. The highest BCUT2D eigenvalue weighted by Gasteiger charge is 2.40. The predicted octanol–water partition coefficient (Wildman–Crippen LogP) is 2.74. The van der Waals surface area contributed by atoms with Gasteiger partial charge in [-0.15, -0.1) is 0 Å². The largest absolute Gasteiger partial charge is 0.490 e. The maximum atomic E-state index is 10.6. The van der Waals surface area contributed by atoms with Gasteiger partial charge in [-0.2, -0.15) is 26.3 Å². The number of nitrogens with zero attached hydrogens (tertiary/aromatic N) is 1. The third-order valence-electron chi connectivity index (χ3n) is 4.35. The van der Waals surface area contributed by atoms with E-state index >= 15 is 0 Å². The van der Waals surface area contributed by atoms with Gasteiger partial charge in [-0.25, -0.2) is 9.59 Å². The molecule has 12 heteroatoms. The van der Waals surface area contributed by atoms with E-state index in [4.69, 9.17) is 19.8 Å². The summed E-state index contributed by atoms with van der Waals surface area (Å²) in [5.41, 5.74) is 0.690. The molecule has 3 N–H and O–H groups in total. The van der Waals surface area contributed by atoms with Crippen LogP contribution in [0.4, 0.5) is 26.3 Å². The van der Waals surface area contributed by atoms with Crippen molar-refractivity contribution in [3.05, 3.63) is 0 Å². The first-order valence-corrected chi connectivity index (χ1v) is 8.16. The van der Waals surface area contributed by atoms with Crippen molar-refractivity contribution in [2.24, 2.45) is 5.41 Å². The Morgan fingerprint density at radius 1 is 0.926 bits per heavy atom. The van der Waals surface area contributed by atoms with Crippen molar-refractivity contribution in [2.45, 2.75) is 51.5 Å². The van der Waals surface area contributed by atoms with Gasteiger partial charge in [-0.1, -0.05) is 0 Å². The smallest absolute Gasteiger partial charge is 0.475 e. The Labute approximate surface area is 152 Å². The summed E-state index contributed by atoms with van der Waals surface area (Å²) in [6.07, 6.45) is -5.93. The van der Waals surface area contributed by atoms with Crippen molar-refractivity contribution >= 4 is 11.9 Å². The normalized spacial score (nSPS) is 19.7. The Kier molecular flexibility index (Phi) is 9.53. The number of carboxylic acids is 2. The predicted molar refractivity (Wildman–Crippen MR) is 83.2 cm³/mol. The molecule has 2 aliphatic heterocycles. The Bertz CT molecular complexity index is 464. The Morgan fingerprint density at radius 3 is 1.56 bits per heavy atom. The van der Waals surface area contributed by atoms with Gasteiger partial charge in [0.15, 0.2) is 0 Å². The zero-order valence-corrected chi connectivity index (χ0v) is 15.0. The van der Waals surface area contributed by atoms with Crippen LogP contribution < -0.4 is 5.32 Å². The molecule has 0 aromatic heterocycles. The number of aliphatic carboxylic acids is 2. The van der Waals surface area contributed by atoms with Gasteiger partial charge >= 0.3 is 24.3 Å². The molecule has 0 radical (unpaired) electrons. The fourth-order valence-electron chi connectivity index (χ4n) is 2.78. The van der Waals surface area contributed by atoms with Crippen LogP contribution in [0.5, 0.6) is 0 Å². The van der Waals surface area contributed by atoms with Crippen LogP contribution >= 0.6 is 0 Å². The topological polar surface area (TPSA) is 89.9 Å². The first-order chi connectivity index (χ1) is 12.1. The Balaban J connectivity index is 0.000000416. The number of carbonyl (C=O) groups is 2. The van der Waals surface area contributed by atoms with Crippen LogP contribution in [0.25, 0.3) is 0 Å². The van der Waals surface area contributed by atoms with E-state index in [0.717, 1.165) is 6.04 Å². The lowest BCUT2D eigenvalue weighted by Gasteiger charge is -2.34. The molecule has 0 unspecified atom stereocenters. The van der Waals surface area contributed by atoms with E-state index in [-0.39, 0.29) is 0 Å². The minimum atomic E-state index is -5.08. The van der Waals surface area contributed by atoms with Gasteiger partial charge in [0, 0.05) is 12.6 Å². The third-order valence-corrected chi connectivity index (χ3v) is 4.35. The Hall–Kier alpha value is -1.56. The molecule has 0 aromatic rings. The van der Waals surface area contributed by atoms with Crippen LogP contribution in [-0.2, 0) is 9.59 Å². The summed E-state index contributed by atoms with van der Waals surface area (Å²) in [5.74, 6) is -5.51. The minimum absolute atomic E-state index is 0.690.